The Morgan fingerprint density at radius 3 is 2.50 bits per heavy atom. The van der Waals surface area contributed by atoms with Gasteiger partial charge in [0.05, 0.1) is 5.69 Å². The summed E-state index contributed by atoms with van der Waals surface area (Å²) in [4.78, 5) is 12.5. The van der Waals surface area contributed by atoms with E-state index in [-0.39, 0.29) is 6.03 Å². The van der Waals surface area contributed by atoms with Crippen LogP contribution in [0.2, 0.25) is 0 Å². The minimum atomic E-state index is -0.219. The molecule has 0 saturated heterocycles. The van der Waals surface area contributed by atoms with Crippen LogP contribution in [0.5, 0.6) is 0 Å². The van der Waals surface area contributed by atoms with Crippen LogP contribution < -0.4 is 10.6 Å². The summed E-state index contributed by atoms with van der Waals surface area (Å²) in [5.41, 5.74) is 1.89. The summed E-state index contributed by atoms with van der Waals surface area (Å²) in [6.45, 7) is 0.586. The number of para-hydroxylation sites is 1. The molecule has 20 heavy (non-hydrogen) atoms. The number of hydrogen-bond donors (Lipinski definition) is 3. The van der Waals surface area contributed by atoms with Crippen LogP contribution in [0.15, 0.2) is 57.9 Å². The second-order valence-corrected chi connectivity index (χ2v) is 5.67. The van der Waals surface area contributed by atoms with E-state index in [4.69, 9.17) is 0 Å². The first-order chi connectivity index (χ1) is 9.65. The average Bonchev–Trinajstić information content (AvgIpc) is 2.44. The molecule has 104 valence electrons. The van der Waals surface area contributed by atoms with Crippen molar-refractivity contribution in [2.75, 3.05) is 11.9 Å². The molecule has 0 aromatic heterocycles. The lowest BCUT2D eigenvalue weighted by molar-refractivity contribution is 0.252. The third-order valence-corrected chi connectivity index (χ3v) is 3.68. The van der Waals surface area contributed by atoms with Crippen molar-refractivity contribution in [1.82, 2.24) is 5.32 Å². The van der Waals surface area contributed by atoms with Crippen molar-refractivity contribution in [3.63, 3.8) is 0 Å². The van der Waals surface area contributed by atoms with Crippen LogP contribution in [0, 0.1) is 0 Å². The number of benzene rings is 2. The molecule has 2 N–H and O–H groups in total. The van der Waals surface area contributed by atoms with E-state index in [9.17, 15) is 4.79 Å². The molecule has 0 aliphatic heterocycles. The van der Waals surface area contributed by atoms with Crippen molar-refractivity contribution < 1.29 is 4.79 Å². The molecule has 2 aromatic carbocycles. The van der Waals surface area contributed by atoms with Crippen molar-refractivity contribution in [3.05, 3.63) is 58.6 Å². The predicted octanol–water partition coefficient (Wildman–Crippen LogP) is 4.10. The van der Waals surface area contributed by atoms with E-state index in [0.29, 0.717) is 12.2 Å². The van der Waals surface area contributed by atoms with Gasteiger partial charge in [0.2, 0.25) is 0 Å². The van der Waals surface area contributed by atoms with Crippen molar-refractivity contribution in [2.24, 2.45) is 0 Å². The van der Waals surface area contributed by atoms with Crippen molar-refractivity contribution in [3.8, 4) is 0 Å². The standard InChI is InChI=1S/C15H15BrN2OS/c16-12-7-5-11(6-8-12)9-10-17-15(19)18-13-3-1-2-4-14(13)20/h1-8,20H,9-10H2,(H2,17,18,19). The Morgan fingerprint density at radius 2 is 1.80 bits per heavy atom. The van der Waals surface area contributed by atoms with Crippen molar-refractivity contribution >= 4 is 40.3 Å². The van der Waals surface area contributed by atoms with Gasteiger partial charge >= 0.3 is 6.03 Å². The largest absolute Gasteiger partial charge is 0.338 e. The zero-order valence-corrected chi connectivity index (χ0v) is 13.2. The lowest BCUT2D eigenvalue weighted by Gasteiger charge is -2.09. The molecule has 5 heteroatoms. The Kier molecular flexibility index (Phi) is 5.49. The molecule has 0 fully saturated rings. The van der Waals surface area contributed by atoms with E-state index in [2.05, 4.69) is 39.2 Å². The molecule has 2 aromatic rings. The number of carbonyl (C=O) groups is 1. The van der Waals surface area contributed by atoms with E-state index in [1.54, 1.807) is 0 Å². The van der Waals surface area contributed by atoms with Crippen molar-refractivity contribution in [1.29, 1.82) is 0 Å². The fourth-order valence-electron chi connectivity index (χ4n) is 1.72. The van der Waals surface area contributed by atoms with Crippen molar-refractivity contribution in [2.45, 2.75) is 11.3 Å². The highest BCUT2D eigenvalue weighted by atomic mass is 79.9. The van der Waals surface area contributed by atoms with E-state index in [1.165, 1.54) is 5.56 Å². The molecule has 0 heterocycles. The van der Waals surface area contributed by atoms with Gasteiger partial charge in [-0.15, -0.1) is 12.6 Å². The lowest BCUT2D eigenvalue weighted by Crippen LogP contribution is -2.30. The number of hydrogen-bond acceptors (Lipinski definition) is 2. The average molecular weight is 351 g/mol. The van der Waals surface area contributed by atoms with Gasteiger partial charge in [0, 0.05) is 15.9 Å². The van der Waals surface area contributed by atoms with E-state index >= 15 is 0 Å². The fraction of sp³-hybridized carbons (Fsp3) is 0.133. The summed E-state index contributed by atoms with van der Waals surface area (Å²) in [6, 6.07) is 15.2. The molecule has 0 spiro atoms. The second-order valence-electron chi connectivity index (χ2n) is 4.27. The quantitative estimate of drug-likeness (QED) is 0.713. The van der Waals surface area contributed by atoms with E-state index < -0.39 is 0 Å². The van der Waals surface area contributed by atoms with Gasteiger partial charge in [-0.2, -0.15) is 0 Å². The maximum Gasteiger partial charge on any atom is 0.319 e. The Labute approximate surface area is 132 Å². The zero-order chi connectivity index (χ0) is 14.4. The predicted molar refractivity (Wildman–Crippen MR) is 88.6 cm³/mol. The van der Waals surface area contributed by atoms with Crippen LogP contribution in [-0.4, -0.2) is 12.6 Å². The highest BCUT2D eigenvalue weighted by molar-refractivity contribution is 9.10. The molecule has 0 bridgehead atoms. The molecule has 3 nitrogen and oxygen atoms in total. The highest BCUT2D eigenvalue weighted by Crippen LogP contribution is 2.18. The lowest BCUT2D eigenvalue weighted by atomic mass is 10.1. The van der Waals surface area contributed by atoms with E-state index in [1.807, 2.05) is 48.5 Å². The van der Waals surface area contributed by atoms with Gasteiger partial charge in [-0.3, -0.25) is 0 Å². The molecular formula is C15H15BrN2OS. The number of carbonyl (C=O) groups excluding carboxylic acids is 1. The Balaban J connectivity index is 1.78. The highest BCUT2D eigenvalue weighted by Gasteiger charge is 2.03. The molecule has 0 radical (unpaired) electrons. The normalized spacial score (nSPS) is 10.1. The molecule has 2 rings (SSSR count). The smallest absolute Gasteiger partial charge is 0.319 e. The van der Waals surface area contributed by atoms with Crippen LogP contribution >= 0.6 is 28.6 Å². The first-order valence-electron chi connectivity index (χ1n) is 6.22. The van der Waals surface area contributed by atoms with Gasteiger partial charge in [0.25, 0.3) is 0 Å². The van der Waals surface area contributed by atoms with Crippen LogP contribution in [0.4, 0.5) is 10.5 Å². The molecule has 0 aliphatic carbocycles. The molecule has 0 unspecified atom stereocenters. The summed E-state index contributed by atoms with van der Waals surface area (Å²) in [6.07, 6.45) is 0.795. The molecule has 2 amide bonds. The van der Waals surface area contributed by atoms with Crippen LogP contribution in [0.1, 0.15) is 5.56 Å². The summed E-state index contributed by atoms with van der Waals surface area (Å²) in [5.74, 6) is 0. The third kappa shape index (κ3) is 4.58. The topological polar surface area (TPSA) is 41.1 Å². The maximum absolute atomic E-state index is 11.7. The summed E-state index contributed by atoms with van der Waals surface area (Å²) < 4.78 is 1.05. The number of halogens is 1. The maximum atomic E-state index is 11.7. The number of amides is 2. The Morgan fingerprint density at radius 1 is 1.10 bits per heavy atom. The zero-order valence-electron chi connectivity index (χ0n) is 10.8. The summed E-state index contributed by atoms with van der Waals surface area (Å²) >= 11 is 7.68. The SMILES string of the molecule is O=C(NCCc1ccc(Br)cc1)Nc1ccccc1S. The number of anilines is 1. The minimum Gasteiger partial charge on any atom is -0.338 e. The molecular weight excluding hydrogens is 336 g/mol. The Bertz CT molecular complexity index is 587. The fourth-order valence-corrected chi connectivity index (χ4v) is 2.20. The second kappa shape index (κ2) is 7.36. The summed E-state index contributed by atoms with van der Waals surface area (Å²) in [7, 11) is 0. The van der Waals surface area contributed by atoms with Gasteiger partial charge in [-0.25, -0.2) is 4.79 Å². The number of thiol groups is 1. The number of nitrogens with one attached hydrogen (secondary N) is 2. The monoisotopic (exact) mass is 350 g/mol. The minimum absolute atomic E-state index is 0.219. The Hall–Kier alpha value is -1.46. The van der Waals surface area contributed by atoms with Crippen LogP contribution in [-0.2, 0) is 6.42 Å². The van der Waals surface area contributed by atoms with E-state index in [0.717, 1.165) is 15.8 Å². The molecule has 0 atom stereocenters. The van der Waals surface area contributed by atoms with Gasteiger partial charge < -0.3 is 10.6 Å². The molecule has 0 aliphatic rings. The first-order valence-corrected chi connectivity index (χ1v) is 7.46. The number of urea groups is 1. The van der Waals surface area contributed by atoms with Gasteiger partial charge in [0.1, 0.15) is 0 Å². The first kappa shape index (κ1) is 14.9. The van der Waals surface area contributed by atoms with Gasteiger partial charge in [-0.1, -0.05) is 40.2 Å². The van der Waals surface area contributed by atoms with Crippen LogP contribution in [0.3, 0.4) is 0 Å². The third-order valence-electron chi connectivity index (χ3n) is 2.76. The van der Waals surface area contributed by atoms with Gasteiger partial charge in [-0.05, 0) is 36.2 Å². The number of rotatable bonds is 4. The van der Waals surface area contributed by atoms with Gasteiger partial charge in [0.15, 0.2) is 0 Å². The summed E-state index contributed by atoms with van der Waals surface area (Å²) in [5, 5.41) is 5.60. The molecule has 0 saturated carbocycles. The van der Waals surface area contributed by atoms with Crippen LogP contribution in [0.25, 0.3) is 0 Å².